The van der Waals surface area contributed by atoms with Gasteiger partial charge in [-0.25, -0.2) is 4.98 Å². The molecule has 0 amide bonds. The first kappa shape index (κ1) is 7.21. The van der Waals surface area contributed by atoms with Gasteiger partial charge in [-0.3, -0.25) is 0 Å². The first-order valence-electron chi connectivity index (χ1n) is 3.07. The molecule has 10 heavy (non-hydrogen) atoms. The molecule has 0 radical (unpaired) electrons. The SMILES string of the molecule is CCc1cnc(C(N)=S)[nH]1. The monoisotopic (exact) mass is 155 g/mol. The van der Waals surface area contributed by atoms with Gasteiger partial charge in [-0.2, -0.15) is 0 Å². The van der Waals surface area contributed by atoms with Crippen LogP contribution in [0.2, 0.25) is 0 Å². The standard InChI is InChI=1S/C6H9N3S/c1-2-4-3-8-6(9-4)5(7)10/h3H,2H2,1H3,(H2,7,10)(H,8,9). The highest BCUT2D eigenvalue weighted by Crippen LogP contribution is 1.96. The second-order valence-electron chi connectivity index (χ2n) is 1.97. The summed E-state index contributed by atoms with van der Waals surface area (Å²) >= 11 is 4.71. The van der Waals surface area contributed by atoms with Gasteiger partial charge in [0.05, 0.1) is 0 Å². The summed E-state index contributed by atoms with van der Waals surface area (Å²) < 4.78 is 0. The van der Waals surface area contributed by atoms with Gasteiger partial charge in [-0.15, -0.1) is 0 Å². The van der Waals surface area contributed by atoms with Gasteiger partial charge in [0.15, 0.2) is 5.82 Å². The molecule has 0 aromatic carbocycles. The summed E-state index contributed by atoms with van der Waals surface area (Å²) in [5.74, 6) is 0.604. The second kappa shape index (κ2) is 2.79. The number of aryl methyl sites for hydroxylation is 1. The molecule has 1 heterocycles. The van der Waals surface area contributed by atoms with Crippen LogP contribution in [0.1, 0.15) is 18.4 Å². The average Bonchev–Trinajstić information content (AvgIpc) is 2.34. The van der Waals surface area contributed by atoms with E-state index in [-0.39, 0.29) is 0 Å². The summed E-state index contributed by atoms with van der Waals surface area (Å²) in [5, 5.41) is 0. The lowest BCUT2D eigenvalue weighted by molar-refractivity contribution is 1.06. The van der Waals surface area contributed by atoms with Gasteiger partial charge >= 0.3 is 0 Å². The fraction of sp³-hybridized carbons (Fsp3) is 0.333. The highest BCUT2D eigenvalue weighted by atomic mass is 32.1. The number of imidazole rings is 1. The minimum Gasteiger partial charge on any atom is -0.387 e. The molecule has 0 atom stereocenters. The van der Waals surface area contributed by atoms with Crippen LogP contribution in [0.15, 0.2) is 6.20 Å². The van der Waals surface area contributed by atoms with Gasteiger partial charge in [0.25, 0.3) is 0 Å². The molecule has 0 fully saturated rings. The van der Waals surface area contributed by atoms with Crippen LogP contribution in [0.4, 0.5) is 0 Å². The van der Waals surface area contributed by atoms with Gasteiger partial charge in [0.1, 0.15) is 4.99 Å². The molecule has 0 unspecified atom stereocenters. The Hall–Kier alpha value is -0.900. The van der Waals surface area contributed by atoms with Crippen LogP contribution in [0.3, 0.4) is 0 Å². The van der Waals surface area contributed by atoms with E-state index < -0.39 is 0 Å². The van der Waals surface area contributed by atoms with Crippen molar-refractivity contribution in [3.8, 4) is 0 Å². The van der Waals surface area contributed by atoms with Crippen molar-refractivity contribution in [2.24, 2.45) is 5.73 Å². The predicted octanol–water partition coefficient (Wildman–Crippen LogP) is 0.606. The maximum atomic E-state index is 5.32. The number of nitrogens with two attached hydrogens (primary N) is 1. The molecule has 0 spiro atoms. The van der Waals surface area contributed by atoms with Crippen molar-refractivity contribution in [2.45, 2.75) is 13.3 Å². The van der Waals surface area contributed by atoms with E-state index in [0.29, 0.717) is 10.8 Å². The number of hydrogen-bond acceptors (Lipinski definition) is 2. The number of nitrogens with zero attached hydrogens (tertiary/aromatic N) is 1. The maximum absolute atomic E-state index is 5.32. The van der Waals surface area contributed by atoms with E-state index >= 15 is 0 Å². The van der Waals surface area contributed by atoms with E-state index in [2.05, 4.69) is 9.97 Å². The lowest BCUT2D eigenvalue weighted by atomic mass is 10.4. The fourth-order valence-electron chi connectivity index (χ4n) is 0.664. The molecule has 0 aliphatic rings. The largest absolute Gasteiger partial charge is 0.387 e. The van der Waals surface area contributed by atoms with Crippen LogP contribution in [0.25, 0.3) is 0 Å². The molecule has 1 rings (SSSR count). The zero-order valence-electron chi connectivity index (χ0n) is 5.72. The smallest absolute Gasteiger partial charge is 0.164 e. The highest BCUT2D eigenvalue weighted by Gasteiger charge is 1.99. The summed E-state index contributed by atoms with van der Waals surface area (Å²) in [5.41, 5.74) is 6.38. The van der Waals surface area contributed by atoms with Gasteiger partial charge < -0.3 is 10.7 Å². The number of aromatic amines is 1. The topological polar surface area (TPSA) is 54.7 Å². The summed E-state index contributed by atoms with van der Waals surface area (Å²) in [7, 11) is 0. The lowest BCUT2D eigenvalue weighted by Crippen LogP contribution is -2.11. The average molecular weight is 155 g/mol. The van der Waals surface area contributed by atoms with Gasteiger partial charge in [-0.1, -0.05) is 19.1 Å². The summed E-state index contributed by atoms with van der Waals surface area (Å²) in [6.07, 6.45) is 2.67. The molecule has 1 aromatic heterocycles. The van der Waals surface area contributed by atoms with E-state index in [1.54, 1.807) is 6.20 Å². The Kier molecular flexibility index (Phi) is 2.01. The summed E-state index contributed by atoms with van der Waals surface area (Å²) in [4.78, 5) is 7.27. The lowest BCUT2D eigenvalue weighted by Gasteiger charge is -1.88. The Labute approximate surface area is 64.7 Å². The number of rotatable bonds is 2. The number of H-pyrrole nitrogens is 1. The first-order chi connectivity index (χ1) is 4.74. The first-order valence-corrected chi connectivity index (χ1v) is 3.48. The van der Waals surface area contributed by atoms with Crippen molar-refractivity contribution in [2.75, 3.05) is 0 Å². The van der Waals surface area contributed by atoms with Crippen molar-refractivity contribution in [3.63, 3.8) is 0 Å². The molecule has 0 saturated heterocycles. The minimum absolute atomic E-state index is 0.319. The zero-order chi connectivity index (χ0) is 7.56. The van der Waals surface area contributed by atoms with Gasteiger partial charge in [0, 0.05) is 11.9 Å². The maximum Gasteiger partial charge on any atom is 0.164 e. The predicted molar refractivity (Wildman–Crippen MR) is 43.9 cm³/mol. The Morgan fingerprint density at radius 3 is 2.90 bits per heavy atom. The molecule has 54 valence electrons. The van der Waals surface area contributed by atoms with Crippen LogP contribution in [0, 0.1) is 0 Å². The fourth-order valence-corrected chi connectivity index (χ4v) is 0.768. The third-order valence-electron chi connectivity index (χ3n) is 1.24. The van der Waals surface area contributed by atoms with E-state index in [1.165, 1.54) is 0 Å². The molecular formula is C6H9N3S. The van der Waals surface area contributed by atoms with E-state index in [9.17, 15) is 0 Å². The molecule has 3 nitrogen and oxygen atoms in total. The Morgan fingerprint density at radius 2 is 2.60 bits per heavy atom. The Bertz CT molecular complexity index is 241. The van der Waals surface area contributed by atoms with Crippen molar-refractivity contribution < 1.29 is 0 Å². The summed E-state index contributed by atoms with van der Waals surface area (Å²) in [6, 6.07) is 0. The molecule has 0 aliphatic heterocycles. The second-order valence-corrected chi connectivity index (χ2v) is 2.41. The van der Waals surface area contributed by atoms with Crippen LogP contribution >= 0.6 is 12.2 Å². The number of hydrogen-bond donors (Lipinski definition) is 2. The van der Waals surface area contributed by atoms with Gasteiger partial charge in [0.2, 0.25) is 0 Å². The molecular weight excluding hydrogens is 146 g/mol. The van der Waals surface area contributed by atoms with E-state index in [1.807, 2.05) is 6.92 Å². The molecule has 0 aliphatic carbocycles. The summed E-state index contributed by atoms with van der Waals surface area (Å²) in [6.45, 7) is 2.04. The Balaban J connectivity index is 2.88. The molecule has 0 bridgehead atoms. The molecule has 1 aromatic rings. The number of nitrogens with one attached hydrogen (secondary N) is 1. The van der Waals surface area contributed by atoms with Crippen molar-refractivity contribution in [3.05, 3.63) is 17.7 Å². The number of thiocarbonyl (C=S) groups is 1. The quantitative estimate of drug-likeness (QED) is 0.615. The highest BCUT2D eigenvalue weighted by molar-refractivity contribution is 7.80. The van der Waals surface area contributed by atoms with Crippen LogP contribution < -0.4 is 5.73 Å². The molecule has 0 saturated carbocycles. The minimum atomic E-state index is 0.319. The number of aromatic nitrogens is 2. The van der Waals surface area contributed by atoms with Crippen molar-refractivity contribution in [1.29, 1.82) is 0 Å². The van der Waals surface area contributed by atoms with E-state index in [0.717, 1.165) is 12.1 Å². The van der Waals surface area contributed by atoms with Crippen LogP contribution in [0.5, 0.6) is 0 Å². The normalized spacial score (nSPS) is 9.70. The van der Waals surface area contributed by atoms with Crippen LogP contribution in [-0.4, -0.2) is 15.0 Å². The molecule has 3 N–H and O–H groups in total. The van der Waals surface area contributed by atoms with Gasteiger partial charge in [-0.05, 0) is 6.42 Å². The van der Waals surface area contributed by atoms with E-state index in [4.69, 9.17) is 18.0 Å². The third kappa shape index (κ3) is 1.33. The zero-order valence-corrected chi connectivity index (χ0v) is 6.53. The van der Waals surface area contributed by atoms with Crippen molar-refractivity contribution in [1.82, 2.24) is 9.97 Å². The molecule has 4 heteroatoms. The van der Waals surface area contributed by atoms with Crippen molar-refractivity contribution >= 4 is 17.2 Å². The van der Waals surface area contributed by atoms with Crippen LogP contribution in [-0.2, 0) is 6.42 Å². The Morgan fingerprint density at radius 1 is 1.90 bits per heavy atom. The third-order valence-corrected chi connectivity index (χ3v) is 1.44.